The van der Waals surface area contributed by atoms with Crippen molar-refractivity contribution >= 4 is 17.3 Å². The molecule has 3 aromatic heterocycles. The van der Waals surface area contributed by atoms with Crippen molar-refractivity contribution in [1.29, 1.82) is 0 Å². The summed E-state index contributed by atoms with van der Waals surface area (Å²) in [5, 5.41) is 3.37. The van der Waals surface area contributed by atoms with Crippen molar-refractivity contribution in [2.75, 3.05) is 5.32 Å². The average molecular weight is 334 g/mol. The maximum atomic E-state index is 4.79. The van der Waals surface area contributed by atoms with Crippen LogP contribution in [0.1, 0.15) is 49.9 Å². The predicted octanol–water partition coefficient (Wildman–Crippen LogP) is 3.50. The molecule has 0 fully saturated rings. The zero-order valence-electron chi connectivity index (χ0n) is 14.6. The Hall–Kier alpha value is -2.76. The van der Waals surface area contributed by atoms with Crippen LogP contribution in [0.25, 0.3) is 11.4 Å². The van der Waals surface area contributed by atoms with Crippen LogP contribution in [0.4, 0.5) is 5.95 Å². The van der Waals surface area contributed by atoms with E-state index in [4.69, 9.17) is 4.98 Å². The molecule has 3 heterocycles. The lowest BCUT2D eigenvalue weighted by Gasteiger charge is -2.15. The number of hydrogen-bond acceptors (Lipinski definition) is 5. The number of allylic oxidation sites excluding steroid dienone is 1. The molecule has 4 rings (SSSR count). The molecule has 0 radical (unpaired) electrons. The van der Waals surface area contributed by atoms with Crippen molar-refractivity contribution < 1.29 is 0 Å². The topological polar surface area (TPSA) is 68.0 Å². The van der Waals surface area contributed by atoms with Crippen LogP contribution in [0.15, 0.2) is 37.1 Å². The average Bonchev–Trinajstić information content (AvgIpc) is 3.00. The molecule has 1 N–H and O–H groups in total. The Kier molecular flexibility index (Phi) is 4.17. The number of aryl methyl sites for hydroxylation is 1. The first-order chi connectivity index (χ1) is 12.2. The summed E-state index contributed by atoms with van der Waals surface area (Å²) in [6.45, 7) is 4.30. The van der Waals surface area contributed by atoms with Crippen molar-refractivity contribution in [2.24, 2.45) is 0 Å². The van der Waals surface area contributed by atoms with Gasteiger partial charge in [-0.15, -0.1) is 0 Å². The van der Waals surface area contributed by atoms with Crippen LogP contribution in [0, 0.1) is 0 Å². The fourth-order valence-electron chi connectivity index (χ4n) is 3.08. The van der Waals surface area contributed by atoms with Crippen LogP contribution >= 0.6 is 0 Å². The lowest BCUT2D eigenvalue weighted by Crippen LogP contribution is -2.16. The molecule has 1 aliphatic carbocycles. The van der Waals surface area contributed by atoms with Crippen LogP contribution in [-0.4, -0.2) is 30.4 Å². The van der Waals surface area contributed by atoms with Gasteiger partial charge in [-0.05, 0) is 38.2 Å². The summed E-state index contributed by atoms with van der Waals surface area (Å²) >= 11 is 0. The van der Waals surface area contributed by atoms with Crippen molar-refractivity contribution in [2.45, 2.75) is 45.6 Å². The minimum Gasteiger partial charge on any atom is -0.352 e. The number of hydrogen-bond donors (Lipinski definition) is 1. The minimum absolute atomic E-state index is 0.367. The normalized spacial score (nSPS) is 15.4. The van der Waals surface area contributed by atoms with E-state index in [0.29, 0.717) is 11.8 Å². The molecule has 3 aromatic rings. The molecule has 1 atom stereocenters. The Morgan fingerprint density at radius 3 is 3.04 bits per heavy atom. The highest BCUT2D eigenvalue weighted by Gasteiger charge is 2.17. The molecule has 0 amide bonds. The van der Waals surface area contributed by atoms with E-state index in [1.807, 2.05) is 23.0 Å². The van der Waals surface area contributed by atoms with Gasteiger partial charge >= 0.3 is 0 Å². The molecule has 0 saturated carbocycles. The Balaban J connectivity index is 1.73. The summed E-state index contributed by atoms with van der Waals surface area (Å²) < 4.78 is 1.94. The van der Waals surface area contributed by atoms with Crippen molar-refractivity contribution in [3.63, 3.8) is 0 Å². The number of aromatic nitrogens is 5. The summed E-state index contributed by atoms with van der Waals surface area (Å²) in [5.41, 5.74) is 4.44. The summed E-state index contributed by atoms with van der Waals surface area (Å²) in [6, 6.07) is 0.367. The lowest BCUT2D eigenvalue weighted by atomic mass is 10.0. The van der Waals surface area contributed by atoms with E-state index in [1.165, 1.54) is 0 Å². The van der Waals surface area contributed by atoms with E-state index in [9.17, 15) is 0 Å². The summed E-state index contributed by atoms with van der Waals surface area (Å²) in [7, 11) is 0. The van der Waals surface area contributed by atoms with E-state index >= 15 is 0 Å². The molecule has 0 aliphatic heterocycles. The van der Waals surface area contributed by atoms with E-state index in [1.54, 1.807) is 6.20 Å². The Labute approximate surface area is 147 Å². The van der Waals surface area contributed by atoms with Crippen molar-refractivity contribution in [3.8, 4) is 0 Å². The molecule has 0 bridgehead atoms. The number of nitrogens with one attached hydrogen (secondary N) is 1. The van der Waals surface area contributed by atoms with Crippen LogP contribution in [0.5, 0.6) is 0 Å². The molecule has 128 valence electrons. The third-order valence-electron chi connectivity index (χ3n) is 4.67. The smallest absolute Gasteiger partial charge is 0.233 e. The second-order valence-electron chi connectivity index (χ2n) is 6.49. The highest BCUT2D eigenvalue weighted by molar-refractivity contribution is 5.80. The first-order valence-electron chi connectivity index (χ1n) is 8.86. The van der Waals surface area contributed by atoms with Gasteiger partial charge in [0.1, 0.15) is 0 Å². The quantitative estimate of drug-likeness (QED) is 0.791. The second kappa shape index (κ2) is 6.63. The first-order valence-corrected chi connectivity index (χ1v) is 8.86. The number of rotatable bonds is 4. The SMILES string of the molecule is CC[C@H](C)Nc1ncc2c(n1)CCCC=C2c1cnc2nccn2c1. The van der Waals surface area contributed by atoms with Gasteiger partial charge in [0, 0.05) is 48.2 Å². The molecule has 1 aliphatic rings. The summed E-state index contributed by atoms with van der Waals surface area (Å²) in [5.74, 6) is 1.43. The van der Waals surface area contributed by atoms with Gasteiger partial charge < -0.3 is 5.32 Å². The maximum absolute atomic E-state index is 4.79. The molecule has 25 heavy (non-hydrogen) atoms. The molecule has 6 nitrogen and oxygen atoms in total. The zero-order valence-corrected chi connectivity index (χ0v) is 14.6. The molecular formula is C19H22N6. The lowest BCUT2D eigenvalue weighted by molar-refractivity contribution is 0.746. The van der Waals surface area contributed by atoms with Gasteiger partial charge in [-0.1, -0.05) is 13.0 Å². The summed E-state index contributed by atoms with van der Waals surface area (Å²) in [4.78, 5) is 18.0. The first kappa shape index (κ1) is 15.7. The fourth-order valence-corrected chi connectivity index (χ4v) is 3.08. The van der Waals surface area contributed by atoms with Gasteiger partial charge in [0.2, 0.25) is 11.7 Å². The maximum Gasteiger partial charge on any atom is 0.233 e. The van der Waals surface area contributed by atoms with Gasteiger partial charge in [0.05, 0.1) is 5.69 Å². The van der Waals surface area contributed by atoms with Gasteiger partial charge in [-0.2, -0.15) is 0 Å². The third-order valence-corrected chi connectivity index (χ3v) is 4.67. The zero-order chi connectivity index (χ0) is 17.2. The highest BCUT2D eigenvalue weighted by atomic mass is 15.1. The standard InChI is InChI=1S/C19H22N6/c1-3-13(2)23-18-21-11-16-15(6-4-5-7-17(16)24-18)14-10-22-19-20-8-9-25(19)12-14/h6,8-13H,3-5,7H2,1-2H3,(H,21,23,24)/t13-/m0/s1. The van der Waals surface area contributed by atoms with E-state index in [-0.39, 0.29) is 0 Å². The van der Waals surface area contributed by atoms with Crippen molar-refractivity contribution in [3.05, 3.63) is 53.9 Å². The molecule has 0 aromatic carbocycles. The number of imidazole rings is 1. The second-order valence-corrected chi connectivity index (χ2v) is 6.49. The van der Waals surface area contributed by atoms with Crippen LogP contribution in [0.3, 0.4) is 0 Å². The highest BCUT2D eigenvalue weighted by Crippen LogP contribution is 2.30. The third kappa shape index (κ3) is 3.12. The molecule has 0 saturated heterocycles. The Bertz CT molecular complexity index is 927. The Morgan fingerprint density at radius 2 is 2.16 bits per heavy atom. The molecule has 6 heteroatoms. The predicted molar refractivity (Wildman–Crippen MR) is 98.4 cm³/mol. The monoisotopic (exact) mass is 334 g/mol. The van der Waals surface area contributed by atoms with Gasteiger partial charge in [-0.3, -0.25) is 4.40 Å². The van der Waals surface area contributed by atoms with Gasteiger partial charge in [0.15, 0.2) is 0 Å². The number of nitrogens with zero attached hydrogens (tertiary/aromatic N) is 5. The van der Waals surface area contributed by atoms with E-state index in [0.717, 1.165) is 54.0 Å². The molecule has 0 spiro atoms. The van der Waals surface area contributed by atoms with Crippen LogP contribution < -0.4 is 5.32 Å². The summed E-state index contributed by atoms with van der Waals surface area (Å²) in [6.07, 6.45) is 16.0. The molecular weight excluding hydrogens is 312 g/mol. The number of anilines is 1. The largest absolute Gasteiger partial charge is 0.352 e. The van der Waals surface area contributed by atoms with Crippen molar-refractivity contribution in [1.82, 2.24) is 24.3 Å². The van der Waals surface area contributed by atoms with Gasteiger partial charge in [0.25, 0.3) is 0 Å². The van der Waals surface area contributed by atoms with Crippen LogP contribution in [-0.2, 0) is 6.42 Å². The Morgan fingerprint density at radius 1 is 1.24 bits per heavy atom. The van der Waals surface area contributed by atoms with E-state index in [2.05, 4.69) is 46.4 Å². The van der Waals surface area contributed by atoms with Gasteiger partial charge in [-0.25, -0.2) is 19.9 Å². The minimum atomic E-state index is 0.367. The molecule has 0 unspecified atom stereocenters. The fraction of sp³-hybridized carbons (Fsp3) is 0.368. The van der Waals surface area contributed by atoms with Crippen LogP contribution in [0.2, 0.25) is 0 Å². The number of fused-ring (bicyclic) bond motifs is 2. The van der Waals surface area contributed by atoms with E-state index < -0.39 is 0 Å².